The Bertz CT molecular complexity index is 689. The Morgan fingerprint density at radius 2 is 1.96 bits per heavy atom. The van der Waals surface area contributed by atoms with E-state index in [-0.39, 0.29) is 29.4 Å². The molecular formula is C20H32N2O3S2. The molecule has 1 aliphatic carbocycles. The van der Waals surface area contributed by atoms with Crippen LogP contribution in [0.1, 0.15) is 62.8 Å². The van der Waals surface area contributed by atoms with Crippen LogP contribution in [0.25, 0.3) is 0 Å². The van der Waals surface area contributed by atoms with Crippen LogP contribution in [-0.4, -0.2) is 49.9 Å². The summed E-state index contributed by atoms with van der Waals surface area (Å²) < 4.78 is 24.7. The Balaban J connectivity index is 1.51. The number of nitrogens with zero attached hydrogens (tertiary/aromatic N) is 1. The number of carbonyl (C=O) groups excluding carboxylic acids is 1. The minimum absolute atomic E-state index is 0.0194. The summed E-state index contributed by atoms with van der Waals surface area (Å²) in [6, 6.07) is 4.37. The zero-order valence-electron chi connectivity index (χ0n) is 16.2. The first-order chi connectivity index (χ1) is 13.0. The molecular weight excluding hydrogens is 380 g/mol. The fraction of sp³-hybridized carbons (Fsp3) is 0.750. The van der Waals surface area contributed by atoms with E-state index in [1.807, 2.05) is 0 Å². The number of amides is 1. The van der Waals surface area contributed by atoms with Crippen molar-refractivity contribution in [1.82, 2.24) is 10.2 Å². The highest BCUT2D eigenvalue weighted by atomic mass is 32.2. The highest BCUT2D eigenvalue weighted by Crippen LogP contribution is 2.29. The topological polar surface area (TPSA) is 66.5 Å². The minimum Gasteiger partial charge on any atom is -0.354 e. The van der Waals surface area contributed by atoms with Gasteiger partial charge in [-0.1, -0.05) is 25.8 Å². The number of sulfone groups is 1. The molecule has 5 nitrogen and oxygen atoms in total. The molecule has 1 aliphatic heterocycles. The smallest absolute Gasteiger partial charge is 0.221 e. The maximum absolute atomic E-state index is 12.4. The van der Waals surface area contributed by atoms with Crippen molar-refractivity contribution in [3.8, 4) is 0 Å². The van der Waals surface area contributed by atoms with Gasteiger partial charge in [0.05, 0.1) is 17.0 Å². The molecule has 0 radical (unpaired) electrons. The number of likely N-dealkylation sites (tertiary alicyclic amines) is 1. The molecule has 0 spiro atoms. The number of hydrogen-bond acceptors (Lipinski definition) is 5. The summed E-state index contributed by atoms with van der Waals surface area (Å²) in [5, 5.41) is 4.86. The lowest BCUT2D eigenvalue weighted by Gasteiger charge is -2.36. The second kappa shape index (κ2) is 9.52. The van der Waals surface area contributed by atoms with E-state index in [4.69, 9.17) is 0 Å². The van der Waals surface area contributed by atoms with E-state index in [0.717, 1.165) is 44.7 Å². The average Bonchev–Trinajstić information content (AvgIpc) is 3.36. The van der Waals surface area contributed by atoms with Crippen LogP contribution in [-0.2, 0) is 14.6 Å². The molecule has 1 unspecified atom stereocenters. The van der Waals surface area contributed by atoms with E-state index in [2.05, 4.69) is 34.7 Å². The van der Waals surface area contributed by atoms with Gasteiger partial charge in [0.25, 0.3) is 0 Å². The Hall–Kier alpha value is -0.920. The van der Waals surface area contributed by atoms with Crippen molar-refractivity contribution in [1.29, 1.82) is 0 Å². The molecule has 1 atom stereocenters. The lowest BCUT2D eigenvalue weighted by atomic mass is 9.97. The minimum atomic E-state index is -3.13. The highest BCUT2D eigenvalue weighted by molar-refractivity contribution is 7.92. The van der Waals surface area contributed by atoms with Crippen molar-refractivity contribution < 1.29 is 13.2 Å². The summed E-state index contributed by atoms with van der Waals surface area (Å²) in [4.78, 5) is 16.0. The van der Waals surface area contributed by atoms with Gasteiger partial charge in [-0.25, -0.2) is 8.42 Å². The normalized spacial score (nSPS) is 21.4. The van der Waals surface area contributed by atoms with Crippen molar-refractivity contribution in [3.63, 3.8) is 0 Å². The van der Waals surface area contributed by atoms with Gasteiger partial charge in [-0.2, -0.15) is 0 Å². The van der Waals surface area contributed by atoms with Crippen molar-refractivity contribution in [2.24, 2.45) is 5.92 Å². The van der Waals surface area contributed by atoms with Gasteiger partial charge in [0, 0.05) is 17.8 Å². The van der Waals surface area contributed by atoms with Crippen molar-refractivity contribution in [2.45, 2.75) is 63.2 Å². The van der Waals surface area contributed by atoms with E-state index >= 15 is 0 Å². The van der Waals surface area contributed by atoms with Crippen LogP contribution in [0.3, 0.4) is 0 Å². The Morgan fingerprint density at radius 3 is 2.59 bits per heavy atom. The van der Waals surface area contributed by atoms with Crippen LogP contribution in [0.4, 0.5) is 0 Å². The predicted octanol–water partition coefficient (Wildman–Crippen LogP) is 3.38. The Labute approximate surface area is 167 Å². The summed E-state index contributed by atoms with van der Waals surface area (Å²) in [5.41, 5.74) is 0. The molecule has 1 amide bonds. The lowest BCUT2D eigenvalue weighted by Crippen LogP contribution is -2.42. The van der Waals surface area contributed by atoms with Crippen LogP contribution in [0.2, 0.25) is 0 Å². The molecule has 1 saturated carbocycles. The summed E-state index contributed by atoms with van der Waals surface area (Å²) >= 11 is 1.72. The Kier molecular flexibility index (Phi) is 7.34. The van der Waals surface area contributed by atoms with Crippen molar-refractivity contribution in [2.75, 3.05) is 25.4 Å². The zero-order valence-corrected chi connectivity index (χ0v) is 17.9. The molecule has 2 fully saturated rings. The SMILES string of the molecule is CC1CCN(C(CNC(=O)CCS(=O)(=O)C2CCCC2)c2cccs2)CC1. The molecule has 0 aromatic carbocycles. The van der Waals surface area contributed by atoms with E-state index in [1.165, 1.54) is 17.7 Å². The third kappa shape index (κ3) is 5.78. The number of thiophene rings is 1. The lowest BCUT2D eigenvalue weighted by molar-refractivity contribution is -0.121. The molecule has 1 aromatic rings. The molecule has 7 heteroatoms. The molecule has 0 bridgehead atoms. The van der Waals surface area contributed by atoms with Gasteiger partial charge >= 0.3 is 0 Å². The second-order valence-electron chi connectivity index (χ2n) is 8.08. The van der Waals surface area contributed by atoms with E-state index in [0.29, 0.717) is 6.54 Å². The molecule has 152 valence electrons. The van der Waals surface area contributed by atoms with E-state index in [9.17, 15) is 13.2 Å². The molecule has 2 aliphatic rings. The summed E-state index contributed by atoms with van der Waals surface area (Å²) in [5.74, 6) is 0.595. The van der Waals surface area contributed by atoms with Crippen LogP contribution >= 0.6 is 11.3 Å². The van der Waals surface area contributed by atoms with Gasteiger partial charge in [-0.15, -0.1) is 11.3 Å². The van der Waals surface area contributed by atoms with Gasteiger partial charge in [-0.3, -0.25) is 9.69 Å². The predicted molar refractivity (Wildman–Crippen MR) is 111 cm³/mol. The molecule has 2 heterocycles. The first-order valence-electron chi connectivity index (χ1n) is 10.2. The van der Waals surface area contributed by atoms with E-state index in [1.54, 1.807) is 11.3 Å². The van der Waals surface area contributed by atoms with Crippen LogP contribution in [0.5, 0.6) is 0 Å². The van der Waals surface area contributed by atoms with Crippen LogP contribution in [0.15, 0.2) is 17.5 Å². The maximum atomic E-state index is 12.4. The average molecular weight is 413 g/mol. The number of piperidine rings is 1. The van der Waals surface area contributed by atoms with Crippen molar-refractivity contribution in [3.05, 3.63) is 22.4 Å². The maximum Gasteiger partial charge on any atom is 0.221 e. The van der Waals surface area contributed by atoms with Gasteiger partial charge in [0.2, 0.25) is 5.91 Å². The van der Waals surface area contributed by atoms with Crippen LogP contribution in [0, 0.1) is 5.92 Å². The van der Waals surface area contributed by atoms with Gasteiger partial charge < -0.3 is 5.32 Å². The zero-order chi connectivity index (χ0) is 19.3. The van der Waals surface area contributed by atoms with Crippen molar-refractivity contribution >= 4 is 27.1 Å². The van der Waals surface area contributed by atoms with Crippen LogP contribution < -0.4 is 5.32 Å². The van der Waals surface area contributed by atoms with Gasteiger partial charge in [0.1, 0.15) is 0 Å². The third-order valence-electron chi connectivity index (χ3n) is 6.05. The number of nitrogens with one attached hydrogen (secondary N) is 1. The fourth-order valence-electron chi connectivity index (χ4n) is 4.18. The summed E-state index contributed by atoms with van der Waals surface area (Å²) in [6.07, 6.45) is 5.97. The number of hydrogen-bond donors (Lipinski definition) is 1. The van der Waals surface area contributed by atoms with Gasteiger partial charge in [-0.05, 0) is 56.1 Å². The molecule has 27 heavy (non-hydrogen) atoms. The third-order valence-corrected chi connectivity index (χ3v) is 9.28. The highest BCUT2D eigenvalue weighted by Gasteiger charge is 2.29. The first-order valence-corrected chi connectivity index (χ1v) is 12.8. The molecule has 1 aromatic heterocycles. The molecule has 1 N–H and O–H groups in total. The molecule has 1 saturated heterocycles. The first kappa shape index (κ1) is 20.8. The summed E-state index contributed by atoms with van der Waals surface area (Å²) in [7, 11) is -3.13. The summed E-state index contributed by atoms with van der Waals surface area (Å²) in [6.45, 7) is 4.95. The monoisotopic (exact) mass is 412 g/mol. The molecule has 3 rings (SSSR count). The van der Waals surface area contributed by atoms with Gasteiger partial charge in [0.15, 0.2) is 9.84 Å². The Morgan fingerprint density at radius 1 is 1.26 bits per heavy atom. The number of rotatable bonds is 8. The largest absolute Gasteiger partial charge is 0.354 e. The number of carbonyl (C=O) groups is 1. The fourth-order valence-corrected chi connectivity index (χ4v) is 6.89. The van der Waals surface area contributed by atoms with E-state index < -0.39 is 9.84 Å². The standard InChI is InChI=1S/C20H32N2O3S2/c1-16-8-11-22(12-9-16)18(19-7-4-13-26-19)15-21-20(23)10-14-27(24,25)17-5-2-3-6-17/h4,7,13,16-18H,2-3,5-6,8-12,14-15H2,1H3,(H,21,23). The quantitative estimate of drug-likeness (QED) is 0.711. The second-order valence-corrected chi connectivity index (χ2v) is 11.5.